The van der Waals surface area contributed by atoms with Crippen LogP contribution in [0, 0.1) is 0 Å². The molecule has 0 aromatic heterocycles. The summed E-state index contributed by atoms with van der Waals surface area (Å²) in [6, 6.07) is -0.750. The third kappa shape index (κ3) is 9.42. The van der Waals surface area contributed by atoms with Crippen LogP contribution in [-0.4, -0.2) is 29.3 Å². The van der Waals surface area contributed by atoms with Gasteiger partial charge < -0.3 is 14.8 Å². The fourth-order valence-electron chi connectivity index (χ4n) is 1.31. The highest BCUT2D eigenvalue weighted by Gasteiger charge is 2.27. The van der Waals surface area contributed by atoms with Crippen LogP contribution in [0.25, 0.3) is 0 Å². The minimum atomic E-state index is -0.750. The van der Waals surface area contributed by atoms with Crippen LogP contribution < -0.4 is 5.32 Å². The van der Waals surface area contributed by atoms with Gasteiger partial charge in [-0.05, 0) is 54.9 Å². The summed E-state index contributed by atoms with van der Waals surface area (Å²) in [5.74, 6) is -0.471. The lowest BCUT2D eigenvalue weighted by molar-refractivity contribution is -0.157. The number of carbonyl (C=O) groups is 2. The summed E-state index contributed by atoms with van der Waals surface area (Å²) in [5.41, 5.74) is -1.20. The molecule has 0 aliphatic carbocycles. The highest BCUT2D eigenvalue weighted by atomic mass is 16.6. The lowest BCUT2D eigenvalue weighted by Crippen LogP contribution is -2.45. The number of nitrogens with one attached hydrogen (secondary N) is 1. The van der Waals surface area contributed by atoms with Gasteiger partial charge in [-0.1, -0.05) is 12.2 Å². The maximum atomic E-state index is 12.0. The molecule has 0 bridgehead atoms. The maximum Gasteiger partial charge on any atom is 0.408 e. The molecule has 20 heavy (non-hydrogen) atoms. The number of hydrogen-bond acceptors (Lipinski definition) is 4. The van der Waals surface area contributed by atoms with E-state index in [4.69, 9.17) is 9.47 Å². The van der Waals surface area contributed by atoms with Gasteiger partial charge >= 0.3 is 12.1 Å². The van der Waals surface area contributed by atoms with E-state index in [1.54, 1.807) is 47.6 Å². The van der Waals surface area contributed by atoms with Crippen molar-refractivity contribution in [2.75, 3.05) is 0 Å². The van der Waals surface area contributed by atoms with Crippen molar-refractivity contribution in [1.82, 2.24) is 5.32 Å². The number of alkyl carbamates (subject to hydrolysis) is 1. The van der Waals surface area contributed by atoms with Crippen LogP contribution in [-0.2, 0) is 14.3 Å². The first-order chi connectivity index (χ1) is 8.94. The fourth-order valence-corrected chi connectivity index (χ4v) is 1.31. The molecule has 0 aromatic carbocycles. The minimum absolute atomic E-state index is 0.366. The largest absolute Gasteiger partial charge is 0.458 e. The van der Waals surface area contributed by atoms with Crippen LogP contribution in [0.15, 0.2) is 12.2 Å². The topological polar surface area (TPSA) is 64.6 Å². The summed E-state index contributed by atoms with van der Waals surface area (Å²) in [6.07, 6.45) is 3.35. The van der Waals surface area contributed by atoms with E-state index in [-0.39, 0.29) is 0 Å². The van der Waals surface area contributed by atoms with Crippen LogP contribution in [0.5, 0.6) is 0 Å². The van der Waals surface area contributed by atoms with Crippen LogP contribution in [0.4, 0.5) is 4.79 Å². The molecule has 0 radical (unpaired) electrons. The number of amides is 1. The zero-order valence-electron chi connectivity index (χ0n) is 13.6. The van der Waals surface area contributed by atoms with E-state index >= 15 is 0 Å². The molecule has 0 aliphatic rings. The summed E-state index contributed by atoms with van der Waals surface area (Å²) in [6.45, 7) is 12.5. The number of ether oxygens (including phenoxy) is 2. The van der Waals surface area contributed by atoms with Gasteiger partial charge in [0.1, 0.15) is 17.2 Å². The van der Waals surface area contributed by atoms with Gasteiger partial charge in [-0.3, -0.25) is 0 Å². The van der Waals surface area contributed by atoms with Gasteiger partial charge in [-0.2, -0.15) is 0 Å². The minimum Gasteiger partial charge on any atom is -0.458 e. The van der Waals surface area contributed by atoms with Crippen molar-refractivity contribution in [3.05, 3.63) is 12.2 Å². The van der Waals surface area contributed by atoms with Crippen molar-refractivity contribution in [2.45, 2.75) is 72.1 Å². The molecule has 0 heterocycles. The van der Waals surface area contributed by atoms with Gasteiger partial charge in [0.05, 0.1) is 0 Å². The second kappa shape index (κ2) is 7.31. The molecule has 0 spiro atoms. The number of esters is 1. The predicted octanol–water partition coefficient (Wildman–Crippen LogP) is 3.19. The Balaban J connectivity index is 4.72. The molecule has 0 aliphatic heterocycles. The monoisotopic (exact) mass is 285 g/mol. The van der Waals surface area contributed by atoms with E-state index in [0.29, 0.717) is 6.42 Å². The first kappa shape index (κ1) is 18.5. The van der Waals surface area contributed by atoms with E-state index in [1.807, 2.05) is 13.0 Å². The van der Waals surface area contributed by atoms with Crippen molar-refractivity contribution in [2.24, 2.45) is 0 Å². The highest BCUT2D eigenvalue weighted by molar-refractivity contribution is 5.81. The average molecular weight is 285 g/mol. The Morgan fingerprint density at radius 2 is 1.55 bits per heavy atom. The molecule has 0 saturated carbocycles. The Morgan fingerprint density at radius 3 is 1.95 bits per heavy atom. The number of allylic oxidation sites excluding steroid dienone is 1. The third-order valence-electron chi connectivity index (χ3n) is 1.99. The van der Waals surface area contributed by atoms with Crippen molar-refractivity contribution in [1.29, 1.82) is 0 Å². The van der Waals surface area contributed by atoms with Gasteiger partial charge in [0, 0.05) is 0 Å². The lowest BCUT2D eigenvalue weighted by atomic mass is 10.1. The molecule has 0 saturated heterocycles. The Labute approximate surface area is 121 Å². The first-order valence-electron chi connectivity index (χ1n) is 6.78. The van der Waals surface area contributed by atoms with E-state index < -0.39 is 29.3 Å². The summed E-state index contributed by atoms with van der Waals surface area (Å²) in [5, 5.41) is 2.54. The van der Waals surface area contributed by atoms with Crippen LogP contribution >= 0.6 is 0 Å². The number of rotatable bonds is 4. The van der Waals surface area contributed by atoms with Crippen molar-refractivity contribution in [3.8, 4) is 0 Å². The molecule has 1 amide bonds. The zero-order valence-corrected chi connectivity index (χ0v) is 13.6. The van der Waals surface area contributed by atoms with Crippen molar-refractivity contribution >= 4 is 12.1 Å². The SMILES string of the molecule is C/C=C\CC(NC(=O)OC(C)(C)C)C(=O)OC(C)(C)C. The second-order valence-electron chi connectivity index (χ2n) is 6.54. The van der Waals surface area contributed by atoms with E-state index in [0.717, 1.165) is 0 Å². The van der Waals surface area contributed by atoms with Gasteiger partial charge in [-0.25, -0.2) is 9.59 Å². The van der Waals surface area contributed by atoms with Gasteiger partial charge in [-0.15, -0.1) is 0 Å². The Hall–Kier alpha value is -1.52. The summed E-state index contributed by atoms with van der Waals surface area (Å²) < 4.78 is 10.4. The smallest absolute Gasteiger partial charge is 0.408 e. The van der Waals surface area contributed by atoms with E-state index in [2.05, 4.69) is 5.32 Å². The molecule has 5 nitrogen and oxygen atoms in total. The maximum absolute atomic E-state index is 12.0. The summed E-state index contributed by atoms with van der Waals surface area (Å²) in [7, 11) is 0. The Bertz CT molecular complexity index is 361. The molecule has 1 atom stereocenters. The molecule has 0 fully saturated rings. The van der Waals surface area contributed by atoms with Gasteiger partial charge in [0.2, 0.25) is 0 Å². The highest BCUT2D eigenvalue weighted by Crippen LogP contribution is 2.11. The van der Waals surface area contributed by atoms with E-state index in [1.165, 1.54) is 0 Å². The molecular weight excluding hydrogens is 258 g/mol. The molecule has 116 valence electrons. The standard InChI is InChI=1S/C15H27NO4/c1-8-9-10-11(12(17)19-14(2,3)4)16-13(18)20-15(5,6)7/h8-9,11H,10H2,1-7H3,(H,16,18)/b9-8-. The van der Waals surface area contributed by atoms with Crippen LogP contribution in [0.1, 0.15) is 54.9 Å². The van der Waals surface area contributed by atoms with Gasteiger partial charge in [0.25, 0.3) is 0 Å². The van der Waals surface area contributed by atoms with Crippen LogP contribution in [0.2, 0.25) is 0 Å². The third-order valence-corrected chi connectivity index (χ3v) is 1.99. The number of carbonyl (C=O) groups excluding carboxylic acids is 2. The molecule has 0 rings (SSSR count). The lowest BCUT2D eigenvalue weighted by Gasteiger charge is -2.25. The Kier molecular flexibility index (Phi) is 6.76. The van der Waals surface area contributed by atoms with Gasteiger partial charge in [0.15, 0.2) is 0 Å². The molecule has 0 aromatic rings. The Morgan fingerprint density at radius 1 is 1.05 bits per heavy atom. The second-order valence-corrected chi connectivity index (χ2v) is 6.54. The number of hydrogen-bond donors (Lipinski definition) is 1. The molecule has 1 unspecified atom stereocenters. The van der Waals surface area contributed by atoms with Crippen molar-refractivity contribution < 1.29 is 19.1 Å². The first-order valence-corrected chi connectivity index (χ1v) is 6.78. The van der Waals surface area contributed by atoms with Crippen LogP contribution in [0.3, 0.4) is 0 Å². The summed E-state index contributed by atoms with van der Waals surface area (Å²) >= 11 is 0. The quantitative estimate of drug-likeness (QED) is 0.636. The molecule has 1 N–H and O–H groups in total. The van der Waals surface area contributed by atoms with E-state index in [9.17, 15) is 9.59 Å². The predicted molar refractivity (Wildman–Crippen MR) is 78.4 cm³/mol. The molecule has 5 heteroatoms. The summed E-state index contributed by atoms with van der Waals surface area (Å²) in [4.78, 5) is 23.8. The molecular formula is C15H27NO4. The van der Waals surface area contributed by atoms with Crippen molar-refractivity contribution in [3.63, 3.8) is 0 Å². The normalized spacial score (nSPS) is 13.9. The zero-order chi connectivity index (χ0) is 16.0. The average Bonchev–Trinajstić information content (AvgIpc) is 2.18. The fraction of sp³-hybridized carbons (Fsp3) is 0.733.